The van der Waals surface area contributed by atoms with Crippen LogP contribution in [-0.4, -0.2) is 95.2 Å². The Morgan fingerprint density at radius 3 is 2.44 bits per heavy atom. The number of amides is 1. The Bertz CT molecular complexity index is 1640. The standard InChI is InChI=1S/C33H50N14O3/c34-28(32(49)50)12-6-16-37-30(48)23-47-22-25(43-45-47)19-38-31-27-11-4-5-13-29(27)40-33(41-31)39-20-26-21-46(44-42-26)18-8-15-35-14-7-17-36-24-9-2-1-3-10-24/h4-5,11,13,21-22,24,28,35-36H,1-3,6-10,12,14-20,23,34H2,(H,37,48)(H,49,50)(H2,38,39,40,41)/t28-/m0/s1. The van der Waals surface area contributed by atoms with Gasteiger partial charge in [0.15, 0.2) is 0 Å². The van der Waals surface area contributed by atoms with Gasteiger partial charge in [0.1, 0.15) is 29.8 Å². The van der Waals surface area contributed by atoms with Gasteiger partial charge in [0.25, 0.3) is 0 Å². The highest BCUT2D eigenvalue weighted by molar-refractivity contribution is 5.90. The molecule has 1 saturated carbocycles. The van der Waals surface area contributed by atoms with Crippen molar-refractivity contribution in [3.8, 4) is 0 Å². The van der Waals surface area contributed by atoms with Gasteiger partial charge in [0.05, 0.1) is 31.0 Å². The van der Waals surface area contributed by atoms with E-state index in [9.17, 15) is 9.59 Å². The summed E-state index contributed by atoms with van der Waals surface area (Å²) in [6, 6.07) is 7.51. The first kappa shape index (κ1) is 36.5. The normalized spacial score (nSPS) is 14.1. The Labute approximate surface area is 291 Å². The first-order valence-corrected chi connectivity index (χ1v) is 17.6. The van der Waals surface area contributed by atoms with E-state index in [1.54, 1.807) is 6.20 Å². The Balaban J connectivity index is 1.03. The maximum absolute atomic E-state index is 12.3. The number of carbonyl (C=O) groups is 2. The van der Waals surface area contributed by atoms with Crippen molar-refractivity contribution in [1.82, 2.24) is 55.9 Å². The molecule has 17 heteroatoms. The lowest BCUT2D eigenvalue weighted by molar-refractivity contribution is -0.138. The minimum Gasteiger partial charge on any atom is -0.480 e. The number of nitrogens with two attached hydrogens (primary N) is 1. The van der Waals surface area contributed by atoms with E-state index in [4.69, 9.17) is 15.8 Å². The fraction of sp³-hybridized carbons (Fsp3) is 0.576. The van der Waals surface area contributed by atoms with Crippen molar-refractivity contribution in [2.45, 2.75) is 96.1 Å². The summed E-state index contributed by atoms with van der Waals surface area (Å²) in [5, 5.41) is 43.1. The van der Waals surface area contributed by atoms with Crippen LogP contribution in [0.4, 0.5) is 11.8 Å². The van der Waals surface area contributed by atoms with E-state index in [0.29, 0.717) is 43.5 Å². The molecular formula is C33H50N14O3. The van der Waals surface area contributed by atoms with Crippen molar-refractivity contribution in [3.05, 3.63) is 48.0 Å². The molecule has 1 aromatic carbocycles. The van der Waals surface area contributed by atoms with E-state index in [1.165, 1.54) is 36.8 Å². The van der Waals surface area contributed by atoms with Crippen molar-refractivity contribution < 1.29 is 14.7 Å². The molecule has 0 spiro atoms. The molecule has 0 saturated heterocycles. The number of rotatable bonds is 22. The van der Waals surface area contributed by atoms with Crippen LogP contribution in [0.1, 0.15) is 69.2 Å². The van der Waals surface area contributed by atoms with Gasteiger partial charge in [-0.15, -0.1) is 10.2 Å². The number of nitrogens with zero attached hydrogens (tertiary/aromatic N) is 8. The lowest BCUT2D eigenvalue weighted by atomic mass is 9.95. The number of hydrogen-bond donors (Lipinski definition) is 7. The fourth-order valence-electron chi connectivity index (χ4n) is 5.85. The molecule has 1 aliphatic rings. The van der Waals surface area contributed by atoms with Crippen LogP contribution in [0.5, 0.6) is 0 Å². The summed E-state index contributed by atoms with van der Waals surface area (Å²) in [5.41, 5.74) is 7.69. The topological polar surface area (TPSA) is 228 Å². The Morgan fingerprint density at radius 2 is 1.62 bits per heavy atom. The third-order valence-electron chi connectivity index (χ3n) is 8.59. The van der Waals surface area contributed by atoms with Crippen LogP contribution in [-0.2, 0) is 35.8 Å². The Kier molecular flexibility index (Phi) is 14.2. The largest absolute Gasteiger partial charge is 0.480 e. The van der Waals surface area contributed by atoms with Crippen LogP contribution in [0.25, 0.3) is 10.9 Å². The van der Waals surface area contributed by atoms with E-state index in [2.05, 4.69) is 52.2 Å². The van der Waals surface area contributed by atoms with Crippen molar-refractivity contribution in [2.24, 2.45) is 5.73 Å². The predicted octanol–water partition coefficient (Wildman–Crippen LogP) is 1.64. The molecule has 3 heterocycles. The van der Waals surface area contributed by atoms with Gasteiger partial charge in [-0.05, 0) is 70.3 Å². The maximum Gasteiger partial charge on any atom is 0.320 e. The maximum atomic E-state index is 12.3. The zero-order chi connectivity index (χ0) is 35.0. The average Bonchev–Trinajstić information content (AvgIpc) is 3.78. The van der Waals surface area contributed by atoms with Crippen molar-refractivity contribution in [2.75, 3.05) is 36.8 Å². The second-order valence-corrected chi connectivity index (χ2v) is 12.7. The number of hydrogen-bond acceptors (Lipinski definition) is 13. The van der Waals surface area contributed by atoms with Crippen molar-refractivity contribution in [3.63, 3.8) is 0 Å². The minimum absolute atomic E-state index is 0.0117. The number of carboxylic acids is 1. The van der Waals surface area contributed by atoms with Crippen LogP contribution in [0.2, 0.25) is 0 Å². The van der Waals surface area contributed by atoms with Gasteiger partial charge in [-0.2, -0.15) is 4.98 Å². The number of nitrogens with one attached hydrogen (secondary N) is 5. The first-order valence-electron chi connectivity index (χ1n) is 17.6. The summed E-state index contributed by atoms with van der Waals surface area (Å²) in [6.45, 7) is 4.90. The zero-order valence-electron chi connectivity index (χ0n) is 28.6. The highest BCUT2D eigenvalue weighted by Crippen LogP contribution is 2.22. The number of para-hydroxylation sites is 1. The monoisotopic (exact) mass is 690 g/mol. The second-order valence-electron chi connectivity index (χ2n) is 12.7. The van der Waals surface area contributed by atoms with Crippen LogP contribution < -0.4 is 32.3 Å². The summed E-state index contributed by atoms with van der Waals surface area (Å²) in [5.74, 6) is -0.226. The van der Waals surface area contributed by atoms with Crippen molar-refractivity contribution >= 4 is 34.5 Å². The molecule has 50 heavy (non-hydrogen) atoms. The van der Waals surface area contributed by atoms with Crippen LogP contribution >= 0.6 is 0 Å². The molecule has 1 aliphatic carbocycles. The van der Waals surface area contributed by atoms with Crippen LogP contribution in [0.15, 0.2) is 36.7 Å². The average molecular weight is 691 g/mol. The van der Waals surface area contributed by atoms with E-state index in [1.807, 2.05) is 35.1 Å². The lowest BCUT2D eigenvalue weighted by Crippen LogP contribution is -2.33. The van der Waals surface area contributed by atoms with Gasteiger partial charge in [-0.3, -0.25) is 14.3 Å². The molecule has 17 nitrogen and oxygen atoms in total. The molecule has 5 rings (SSSR count). The molecule has 0 aliphatic heterocycles. The molecule has 0 unspecified atom stereocenters. The van der Waals surface area contributed by atoms with E-state index in [-0.39, 0.29) is 18.9 Å². The second kappa shape index (κ2) is 19.4. The van der Waals surface area contributed by atoms with Gasteiger partial charge in [-0.1, -0.05) is 41.8 Å². The summed E-state index contributed by atoms with van der Waals surface area (Å²) < 4.78 is 3.31. The number of aromatic nitrogens is 8. The van der Waals surface area contributed by atoms with Gasteiger partial charge in [-0.25, -0.2) is 9.67 Å². The zero-order valence-corrected chi connectivity index (χ0v) is 28.6. The highest BCUT2D eigenvalue weighted by atomic mass is 16.4. The molecule has 270 valence electrons. The first-order chi connectivity index (χ1) is 24.4. The van der Waals surface area contributed by atoms with E-state index in [0.717, 1.165) is 61.7 Å². The number of fused-ring (bicyclic) bond motifs is 1. The van der Waals surface area contributed by atoms with Crippen LogP contribution in [0, 0.1) is 0 Å². The molecule has 8 N–H and O–H groups in total. The number of carboxylic acid groups (broad SMARTS) is 1. The molecular weight excluding hydrogens is 640 g/mol. The van der Waals surface area contributed by atoms with Gasteiger partial charge < -0.3 is 37.4 Å². The van der Waals surface area contributed by atoms with Crippen molar-refractivity contribution in [1.29, 1.82) is 0 Å². The molecule has 3 aromatic heterocycles. The predicted molar refractivity (Wildman–Crippen MR) is 189 cm³/mol. The third kappa shape index (κ3) is 12.0. The summed E-state index contributed by atoms with van der Waals surface area (Å²) in [6.07, 6.45) is 13.3. The highest BCUT2D eigenvalue weighted by Gasteiger charge is 2.14. The lowest BCUT2D eigenvalue weighted by Gasteiger charge is -2.22. The molecule has 0 bridgehead atoms. The minimum atomic E-state index is -1.05. The molecule has 4 aromatic rings. The number of carbonyl (C=O) groups excluding carboxylic acids is 1. The third-order valence-corrected chi connectivity index (χ3v) is 8.59. The molecule has 0 radical (unpaired) electrons. The smallest absolute Gasteiger partial charge is 0.320 e. The molecule has 1 atom stereocenters. The number of aliphatic carboxylic acids is 1. The SMILES string of the molecule is N[C@@H](CCCNC(=O)Cn1cc(CNc2nc(NCc3cn(CCCNCCCNC4CCCCC4)nn3)nc3ccccc23)nn1)C(=O)O. The Morgan fingerprint density at radius 1 is 0.880 bits per heavy atom. The Hall–Kier alpha value is -4.74. The fourth-order valence-corrected chi connectivity index (χ4v) is 5.85. The van der Waals surface area contributed by atoms with Gasteiger partial charge >= 0.3 is 5.97 Å². The van der Waals surface area contributed by atoms with Gasteiger partial charge in [0.2, 0.25) is 11.9 Å². The van der Waals surface area contributed by atoms with E-state index < -0.39 is 12.0 Å². The summed E-state index contributed by atoms with van der Waals surface area (Å²) in [7, 11) is 0. The summed E-state index contributed by atoms with van der Waals surface area (Å²) >= 11 is 0. The summed E-state index contributed by atoms with van der Waals surface area (Å²) in [4.78, 5) is 32.5. The quantitative estimate of drug-likeness (QED) is 0.0582. The molecule has 1 amide bonds. The number of benzene rings is 1. The van der Waals surface area contributed by atoms with Crippen LogP contribution in [0.3, 0.4) is 0 Å². The van der Waals surface area contributed by atoms with Gasteiger partial charge in [0, 0.05) is 24.5 Å². The van der Waals surface area contributed by atoms with E-state index >= 15 is 0 Å². The molecule has 1 fully saturated rings. The number of anilines is 2. The number of aryl methyl sites for hydroxylation is 1.